The van der Waals surface area contributed by atoms with E-state index in [1.807, 2.05) is 4.90 Å². The maximum Gasteiger partial charge on any atom is 0.280 e. The average Bonchev–Trinajstić information content (AvgIpc) is 2.32. The second kappa shape index (κ2) is 4.98. The van der Waals surface area contributed by atoms with Gasteiger partial charge in [0.05, 0.1) is 18.1 Å². The average molecular weight is 337 g/mol. The summed E-state index contributed by atoms with van der Waals surface area (Å²) < 4.78 is 24.6. The molecule has 100 valence electrons. The first-order chi connectivity index (χ1) is 8.39. The highest BCUT2D eigenvalue weighted by atomic mass is 79.9. The molecule has 0 aliphatic carbocycles. The minimum atomic E-state index is -3.14. The number of hydrogen-bond acceptors (Lipinski definition) is 5. The van der Waals surface area contributed by atoms with Crippen molar-refractivity contribution >= 4 is 31.6 Å². The topological polar surface area (TPSA) is 86.4 Å². The van der Waals surface area contributed by atoms with Crippen LogP contribution in [0.15, 0.2) is 15.5 Å². The summed E-state index contributed by atoms with van der Waals surface area (Å²) in [7, 11) is -3.14. The Morgan fingerprint density at radius 2 is 1.94 bits per heavy atom. The third-order valence-electron chi connectivity index (χ3n) is 2.83. The van der Waals surface area contributed by atoms with Gasteiger partial charge in [0, 0.05) is 26.2 Å². The van der Waals surface area contributed by atoms with Crippen LogP contribution in [-0.4, -0.2) is 55.4 Å². The maximum atomic E-state index is 11.4. The first-order valence-electron chi connectivity index (χ1n) is 5.33. The van der Waals surface area contributed by atoms with Gasteiger partial charge < -0.3 is 4.90 Å². The zero-order valence-electron chi connectivity index (χ0n) is 9.76. The molecule has 1 aliphatic rings. The molecular weight excluding hydrogens is 324 g/mol. The summed E-state index contributed by atoms with van der Waals surface area (Å²) >= 11 is 3.21. The second-order valence-corrected chi connectivity index (χ2v) is 6.82. The van der Waals surface area contributed by atoms with Crippen molar-refractivity contribution in [1.29, 1.82) is 0 Å². The molecule has 2 heterocycles. The van der Waals surface area contributed by atoms with Gasteiger partial charge in [0.15, 0.2) is 0 Å². The number of anilines is 1. The zero-order chi connectivity index (χ0) is 13.3. The van der Waals surface area contributed by atoms with Gasteiger partial charge in [-0.3, -0.25) is 4.79 Å². The van der Waals surface area contributed by atoms with Crippen LogP contribution in [0.2, 0.25) is 0 Å². The van der Waals surface area contributed by atoms with E-state index in [-0.39, 0.29) is 5.56 Å². The van der Waals surface area contributed by atoms with E-state index in [1.54, 1.807) is 6.20 Å². The summed E-state index contributed by atoms with van der Waals surface area (Å²) in [5, 5.41) is 6.07. The number of hydrogen-bond donors (Lipinski definition) is 1. The van der Waals surface area contributed by atoms with Crippen LogP contribution in [0.5, 0.6) is 0 Å². The number of sulfonamides is 1. The van der Waals surface area contributed by atoms with E-state index in [0.29, 0.717) is 36.3 Å². The normalized spacial score (nSPS) is 18.0. The Bertz CT molecular complexity index is 592. The third-order valence-corrected chi connectivity index (χ3v) is 4.90. The summed E-state index contributed by atoms with van der Waals surface area (Å²) in [4.78, 5) is 13.3. The molecule has 0 aromatic carbocycles. The Balaban J connectivity index is 2.15. The molecule has 18 heavy (non-hydrogen) atoms. The molecule has 0 unspecified atom stereocenters. The fourth-order valence-corrected chi connectivity index (χ4v) is 3.12. The van der Waals surface area contributed by atoms with Gasteiger partial charge in [-0.1, -0.05) is 0 Å². The predicted molar refractivity (Wildman–Crippen MR) is 71.2 cm³/mol. The van der Waals surface area contributed by atoms with Crippen LogP contribution in [0.25, 0.3) is 0 Å². The molecule has 1 aromatic heterocycles. The van der Waals surface area contributed by atoms with Gasteiger partial charge in [-0.05, 0) is 15.9 Å². The standard InChI is InChI=1S/C9H13BrN4O3S/c1-18(16,17)14-4-2-13(3-5-14)7-6-11-12-9(15)8(7)10/h6H,2-5H2,1H3,(H,12,15). The summed E-state index contributed by atoms with van der Waals surface area (Å²) in [5.74, 6) is 0. The van der Waals surface area contributed by atoms with Crippen LogP contribution in [0.3, 0.4) is 0 Å². The van der Waals surface area contributed by atoms with Crippen molar-refractivity contribution in [3.63, 3.8) is 0 Å². The first kappa shape index (κ1) is 13.5. The fraction of sp³-hybridized carbons (Fsp3) is 0.556. The van der Waals surface area contributed by atoms with Gasteiger partial charge in [-0.25, -0.2) is 13.5 Å². The molecule has 0 spiro atoms. The van der Waals surface area contributed by atoms with Crippen molar-refractivity contribution in [3.8, 4) is 0 Å². The van der Waals surface area contributed by atoms with Crippen molar-refractivity contribution in [2.75, 3.05) is 37.3 Å². The SMILES string of the molecule is CS(=O)(=O)N1CCN(c2cn[nH]c(=O)c2Br)CC1. The van der Waals surface area contributed by atoms with E-state index >= 15 is 0 Å². The number of nitrogens with zero attached hydrogens (tertiary/aromatic N) is 3. The van der Waals surface area contributed by atoms with Gasteiger partial charge in [-0.2, -0.15) is 9.40 Å². The molecule has 1 N–H and O–H groups in total. The summed E-state index contributed by atoms with van der Waals surface area (Å²) in [6.07, 6.45) is 2.76. The van der Waals surface area contributed by atoms with E-state index in [9.17, 15) is 13.2 Å². The molecule has 0 amide bonds. The Hall–Kier alpha value is -0.930. The van der Waals surface area contributed by atoms with Crippen molar-refractivity contribution < 1.29 is 8.42 Å². The fourth-order valence-electron chi connectivity index (χ4n) is 1.86. The van der Waals surface area contributed by atoms with Crippen LogP contribution in [0, 0.1) is 0 Å². The van der Waals surface area contributed by atoms with Crippen LogP contribution in [0.4, 0.5) is 5.69 Å². The number of aromatic nitrogens is 2. The van der Waals surface area contributed by atoms with E-state index < -0.39 is 10.0 Å². The first-order valence-corrected chi connectivity index (χ1v) is 7.97. The van der Waals surface area contributed by atoms with Crippen LogP contribution < -0.4 is 10.5 Å². The van der Waals surface area contributed by atoms with Crippen molar-refractivity contribution in [2.45, 2.75) is 0 Å². The lowest BCUT2D eigenvalue weighted by atomic mass is 10.3. The number of piperazine rings is 1. The summed E-state index contributed by atoms with van der Waals surface area (Å²) in [6, 6.07) is 0. The molecular formula is C9H13BrN4O3S. The number of rotatable bonds is 2. The largest absolute Gasteiger partial charge is 0.367 e. The Morgan fingerprint density at radius 3 is 2.50 bits per heavy atom. The molecule has 7 nitrogen and oxygen atoms in total. The van der Waals surface area contributed by atoms with Gasteiger partial charge in [0.25, 0.3) is 5.56 Å². The van der Waals surface area contributed by atoms with E-state index in [1.165, 1.54) is 10.6 Å². The molecule has 0 saturated carbocycles. The molecule has 0 atom stereocenters. The van der Waals surface area contributed by atoms with Crippen molar-refractivity contribution in [3.05, 3.63) is 21.0 Å². The highest BCUT2D eigenvalue weighted by molar-refractivity contribution is 9.10. The lowest BCUT2D eigenvalue weighted by molar-refractivity contribution is 0.387. The molecule has 9 heteroatoms. The van der Waals surface area contributed by atoms with Crippen LogP contribution in [0.1, 0.15) is 0 Å². The number of aromatic amines is 1. The number of halogens is 1. The Labute approximate surface area is 113 Å². The highest BCUT2D eigenvalue weighted by Gasteiger charge is 2.24. The van der Waals surface area contributed by atoms with Crippen molar-refractivity contribution in [1.82, 2.24) is 14.5 Å². The lowest BCUT2D eigenvalue weighted by Gasteiger charge is -2.34. The molecule has 1 aliphatic heterocycles. The van der Waals surface area contributed by atoms with Gasteiger partial charge >= 0.3 is 0 Å². The van der Waals surface area contributed by atoms with Crippen LogP contribution >= 0.6 is 15.9 Å². The molecule has 1 aromatic rings. The number of H-pyrrole nitrogens is 1. The van der Waals surface area contributed by atoms with Gasteiger partial charge in [0.2, 0.25) is 10.0 Å². The predicted octanol–water partition coefficient (Wildman–Crippen LogP) is -0.386. The van der Waals surface area contributed by atoms with Crippen molar-refractivity contribution in [2.24, 2.45) is 0 Å². The highest BCUT2D eigenvalue weighted by Crippen LogP contribution is 2.22. The number of nitrogens with one attached hydrogen (secondary N) is 1. The molecule has 0 bridgehead atoms. The third kappa shape index (κ3) is 2.73. The Morgan fingerprint density at radius 1 is 1.33 bits per heavy atom. The van der Waals surface area contributed by atoms with E-state index in [2.05, 4.69) is 26.1 Å². The minimum absolute atomic E-state index is 0.293. The molecule has 2 rings (SSSR count). The van der Waals surface area contributed by atoms with E-state index in [4.69, 9.17) is 0 Å². The van der Waals surface area contributed by atoms with Crippen LogP contribution in [-0.2, 0) is 10.0 Å². The van der Waals surface area contributed by atoms with Gasteiger partial charge in [-0.15, -0.1) is 0 Å². The smallest absolute Gasteiger partial charge is 0.280 e. The maximum absolute atomic E-state index is 11.4. The second-order valence-electron chi connectivity index (χ2n) is 4.05. The summed E-state index contributed by atoms with van der Waals surface area (Å²) in [5.41, 5.74) is 0.393. The molecule has 1 fully saturated rings. The molecule has 0 radical (unpaired) electrons. The molecule has 1 saturated heterocycles. The zero-order valence-corrected chi connectivity index (χ0v) is 12.2. The van der Waals surface area contributed by atoms with Gasteiger partial charge in [0.1, 0.15) is 4.47 Å². The quantitative estimate of drug-likeness (QED) is 0.795. The van der Waals surface area contributed by atoms with E-state index in [0.717, 1.165) is 0 Å². The monoisotopic (exact) mass is 336 g/mol. The Kier molecular flexibility index (Phi) is 3.74. The minimum Gasteiger partial charge on any atom is -0.367 e. The summed E-state index contributed by atoms with van der Waals surface area (Å²) in [6.45, 7) is 1.91. The lowest BCUT2D eigenvalue weighted by Crippen LogP contribution is -2.48.